The number of hydrogen-bond donors (Lipinski definition) is 2. The smallest absolute Gasteiger partial charge is 0.253 e. The highest BCUT2D eigenvalue weighted by atomic mass is 16.3. The zero-order valence-electron chi connectivity index (χ0n) is 10.5. The molecule has 0 radical (unpaired) electrons. The second kappa shape index (κ2) is 5.19. The minimum atomic E-state index is -0.914. The van der Waals surface area contributed by atoms with E-state index in [4.69, 9.17) is 5.11 Å². The van der Waals surface area contributed by atoms with Crippen molar-refractivity contribution in [3.8, 4) is 5.75 Å². The number of nitrogens with zero attached hydrogens (tertiary/aromatic N) is 1. The molecule has 2 N–H and O–H groups in total. The van der Waals surface area contributed by atoms with Crippen LogP contribution in [0.5, 0.6) is 5.75 Å². The first-order valence-corrected chi connectivity index (χ1v) is 5.64. The first-order valence-electron chi connectivity index (χ1n) is 5.64. The summed E-state index contributed by atoms with van der Waals surface area (Å²) in [5.41, 5.74) is -0.406. The Morgan fingerprint density at radius 3 is 2.24 bits per heavy atom. The van der Waals surface area contributed by atoms with Crippen molar-refractivity contribution in [2.24, 2.45) is 0 Å². The van der Waals surface area contributed by atoms with Gasteiger partial charge in [-0.25, -0.2) is 0 Å². The van der Waals surface area contributed by atoms with Crippen molar-refractivity contribution >= 4 is 5.91 Å². The summed E-state index contributed by atoms with van der Waals surface area (Å²) >= 11 is 0. The van der Waals surface area contributed by atoms with Crippen LogP contribution in [-0.2, 0) is 0 Å². The number of phenols is 1. The van der Waals surface area contributed by atoms with E-state index in [0.717, 1.165) is 0 Å². The van der Waals surface area contributed by atoms with Crippen molar-refractivity contribution in [1.82, 2.24) is 4.90 Å². The van der Waals surface area contributed by atoms with Crippen molar-refractivity contribution in [1.29, 1.82) is 0 Å². The molecular weight excluding hydrogens is 218 g/mol. The van der Waals surface area contributed by atoms with Gasteiger partial charge in [-0.1, -0.05) is 0 Å². The van der Waals surface area contributed by atoms with Crippen molar-refractivity contribution < 1.29 is 15.0 Å². The molecule has 0 aliphatic heterocycles. The van der Waals surface area contributed by atoms with Crippen LogP contribution < -0.4 is 0 Å². The molecule has 0 atom stereocenters. The van der Waals surface area contributed by atoms with Crippen LogP contribution >= 0.6 is 0 Å². The Labute approximate surface area is 101 Å². The van der Waals surface area contributed by atoms with Crippen molar-refractivity contribution in [2.75, 3.05) is 13.1 Å². The maximum Gasteiger partial charge on any atom is 0.253 e. The van der Waals surface area contributed by atoms with Crippen LogP contribution in [0.15, 0.2) is 24.3 Å². The maximum atomic E-state index is 12.1. The highest BCUT2D eigenvalue weighted by molar-refractivity contribution is 5.94. The molecule has 0 saturated carbocycles. The lowest BCUT2D eigenvalue weighted by molar-refractivity contribution is 0.0314. The molecule has 0 aliphatic rings. The third kappa shape index (κ3) is 4.07. The summed E-state index contributed by atoms with van der Waals surface area (Å²) < 4.78 is 0. The molecule has 0 aromatic heterocycles. The predicted octanol–water partition coefficient (Wildman–Crippen LogP) is 1.63. The molecule has 0 fully saturated rings. The fourth-order valence-electron chi connectivity index (χ4n) is 1.58. The molecule has 1 aromatic carbocycles. The van der Waals surface area contributed by atoms with Gasteiger partial charge in [0.1, 0.15) is 5.75 Å². The number of aromatic hydroxyl groups is 1. The van der Waals surface area contributed by atoms with E-state index in [1.165, 1.54) is 12.1 Å². The summed E-state index contributed by atoms with van der Waals surface area (Å²) in [6.07, 6.45) is 0. The fraction of sp³-hybridized carbons (Fsp3) is 0.462. The lowest BCUT2D eigenvalue weighted by atomic mass is 10.1. The van der Waals surface area contributed by atoms with Crippen LogP contribution in [0.25, 0.3) is 0 Å². The summed E-state index contributed by atoms with van der Waals surface area (Å²) in [7, 11) is 0. The Kier molecular flexibility index (Phi) is 4.12. The average molecular weight is 237 g/mol. The molecule has 0 saturated heterocycles. The minimum Gasteiger partial charge on any atom is -0.508 e. The molecule has 0 spiro atoms. The summed E-state index contributed by atoms with van der Waals surface area (Å²) in [5, 5.41) is 18.9. The molecule has 0 heterocycles. The summed E-state index contributed by atoms with van der Waals surface area (Å²) in [6.45, 7) is 6.01. The van der Waals surface area contributed by atoms with Crippen molar-refractivity contribution in [3.05, 3.63) is 29.8 Å². The van der Waals surface area contributed by atoms with E-state index in [0.29, 0.717) is 12.1 Å². The number of carbonyl (C=O) groups excluding carboxylic acids is 1. The lowest BCUT2D eigenvalue weighted by Crippen LogP contribution is -2.42. The number of carbonyl (C=O) groups is 1. The van der Waals surface area contributed by atoms with Gasteiger partial charge < -0.3 is 15.1 Å². The molecule has 4 heteroatoms. The Balaban J connectivity index is 2.83. The van der Waals surface area contributed by atoms with Crippen LogP contribution in [0, 0.1) is 0 Å². The number of rotatable bonds is 4. The Morgan fingerprint density at radius 1 is 1.29 bits per heavy atom. The van der Waals surface area contributed by atoms with Gasteiger partial charge in [-0.2, -0.15) is 0 Å². The monoisotopic (exact) mass is 237 g/mol. The van der Waals surface area contributed by atoms with Crippen LogP contribution in [-0.4, -0.2) is 39.7 Å². The molecule has 4 nitrogen and oxygen atoms in total. The normalized spacial score (nSPS) is 11.3. The molecule has 94 valence electrons. The predicted molar refractivity (Wildman–Crippen MR) is 66.0 cm³/mol. The van der Waals surface area contributed by atoms with Gasteiger partial charge in [-0.15, -0.1) is 0 Å². The number of benzene rings is 1. The number of phenolic OH excluding ortho intramolecular Hbond substituents is 1. The molecule has 0 unspecified atom stereocenters. The van der Waals surface area contributed by atoms with Gasteiger partial charge in [0.2, 0.25) is 0 Å². The van der Waals surface area contributed by atoms with Gasteiger partial charge >= 0.3 is 0 Å². The zero-order valence-corrected chi connectivity index (χ0v) is 10.5. The Bertz CT molecular complexity index is 379. The van der Waals surface area contributed by atoms with E-state index in [1.807, 2.05) is 6.92 Å². The Morgan fingerprint density at radius 2 is 1.82 bits per heavy atom. The number of likely N-dealkylation sites (N-methyl/N-ethyl adjacent to an activating group) is 1. The fourth-order valence-corrected chi connectivity index (χ4v) is 1.58. The first kappa shape index (κ1) is 13.5. The summed E-state index contributed by atoms with van der Waals surface area (Å²) in [6, 6.07) is 6.10. The van der Waals surface area contributed by atoms with Gasteiger partial charge in [-0.05, 0) is 45.0 Å². The van der Waals surface area contributed by atoms with Crippen LogP contribution in [0.4, 0.5) is 0 Å². The van der Waals surface area contributed by atoms with Gasteiger partial charge in [0.05, 0.1) is 5.60 Å². The molecule has 1 aromatic rings. The van der Waals surface area contributed by atoms with E-state index >= 15 is 0 Å². The molecular formula is C13H19NO3. The molecule has 0 bridgehead atoms. The van der Waals surface area contributed by atoms with Gasteiger partial charge in [-0.3, -0.25) is 4.79 Å². The van der Waals surface area contributed by atoms with E-state index in [1.54, 1.807) is 30.9 Å². The SMILES string of the molecule is CCN(CC(C)(C)O)C(=O)c1ccc(O)cc1. The quantitative estimate of drug-likeness (QED) is 0.836. The van der Waals surface area contributed by atoms with Crippen molar-refractivity contribution in [3.63, 3.8) is 0 Å². The number of hydrogen-bond acceptors (Lipinski definition) is 3. The first-order chi connectivity index (χ1) is 7.83. The van der Waals surface area contributed by atoms with Crippen molar-refractivity contribution in [2.45, 2.75) is 26.4 Å². The number of amides is 1. The van der Waals surface area contributed by atoms with E-state index in [2.05, 4.69) is 0 Å². The highest BCUT2D eigenvalue weighted by Gasteiger charge is 2.22. The minimum absolute atomic E-state index is 0.132. The van der Waals surface area contributed by atoms with Gasteiger partial charge in [0.15, 0.2) is 0 Å². The van der Waals surface area contributed by atoms with E-state index < -0.39 is 5.60 Å². The van der Waals surface area contributed by atoms with E-state index in [9.17, 15) is 9.90 Å². The van der Waals surface area contributed by atoms with E-state index in [-0.39, 0.29) is 18.2 Å². The highest BCUT2D eigenvalue weighted by Crippen LogP contribution is 2.13. The summed E-state index contributed by atoms with van der Waals surface area (Å²) in [4.78, 5) is 13.7. The molecule has 1 rings (SSSR count). The second-order valence-corrected chi connectivity index (χ2v) is 4.68. The zero-order chi connectivity index (χ0) is 13.1. The standard InChI is InChI=1S/C13H19NO3/c1-4-14(9-13(2,3)17)12(16)10-5-7-11(15)8-6-10/h5-8,15,17H,4,9H2,1-3H3. The summed E-state index contributed by atoms with van der Waals surface area (Å²) in [5.74, 6) is -0.0123. The van der Waals surface area contributed by atoms with Crippen LogP contribution in [0.3, 0.4) is 0 Å². The third-order valence-corrected chi connectivity index (χ3v) is 2.36. The molecule has 1 amide bonds. The second-order valence-electron chi connectivity index (χ2n) is 4.68. The molecule has 17 heavy (non-hydrogen) atoms. The van der Waals surface area contributed by atoms with Crippen LogP contribution in [0.1, 0.15) is 31.1 Å². The topological polar surface area (TPSA) is 60.8 Å². The number of aliphatic hydroxyl groups is 1. The van der Waals surface area contributed by atoms with Gasteiger partial charge in [0, 0.05) is 18.7 Å². The van der Waals surface area contributed by atoms with Crippen LogP contribution in [0.2, 0.25) is 0 Å². The molecule has 0 aliphatic carbocycles. The largest absolute Gasteiger partial charge is 0.508 e. The third-order valence-electron chi connectivity index (χ3n) is 2.36. The Hall–Kier alpha value is -1.55. The average Bonchev–Trinajstić information content (AvgIpc) is 2.25. The maximum absolute atomic E-state index is 12.1. The van der Waals surface area contributed by atoms with Gasteiger partial charge in [0.25, 0.3) is 5.91 Å². The lowest BCUT2D eigenvalue weighted by Gasteiger charge is -2.28.